The number of amides is 1. The third kappa shape index (κ3) is 4.18. The molecule has 5 nitrogen and oxygen atoms in total. The summed E-state index contributed by atoms with van der Waals surface area (Å²) in [6, 6.07) is 6.15. The fourth-order valence-corrected chi connectivity index (χ4v) is 1.25. The van der Waals surface area contributed by atoms with Gasteiger partial charge in [0.2, 0.25) is 0 Å². The summed E-state index contributed by atoms with van der Waals surface area (Å²) in [5, 5.41) is 0. The Hall–Kier alpha value is -1.88. The predicted octanol–water partition coefficient (Wildman–Crippen LogP) is 1.93. The molecule has 0 spiro atoms. The van der Waals surface area contributed by atoms with Gasteiger partial charge in [-0.2, -0.15) is 0 Å². The highest BCUT2D eigenvalue weighted by Gasteiger charge is 2.18. The maximum Gasteiger partial charge on any atom is 0.338 e. The van der Waals surface area contributed by atoms with Crippen LogP contribution in [-0.2, 0) is 9.57 Å². The summed E-state index contributed by atoms with van der Waals surface area (Å²) in [7, 11) is 1.35. The van der Waals surface area contributed by atoms with Gasteiger partial charge in [0, 0.05) is 5.56 Å². The molecule has 0 bridgehead atoms. The van der Waals surface area contributed by atoms with Crippen LogP contribution in [0.5, 0.6) is 0 Å². The van der Waals surface area contributed by atoms with Crippen molar-refractivity contribution in [1.82, 2.24) is 5.48 Å². The van der Waals surface area contributed by atoms with Crippen LogP contribution >= 0.6 is 0 Å². The minimum atomic E-state index is -0.539. The number of hydrogen-bond donors (Lipinski definition) is 1. The fraction of sp³-hybridized carbons (Fsp3) is 0.385. The van der Waals surface area contributed by atoms with E-state index in [9.17, 15) is 9.59 Å². The SMILES string of the molecule is CONC(=O)c1ccc(C(=O)OC(C)(C)C)cc1. The Morgan fingerprint density at radius 1 is 1.06 bits per heavy atom. The second-order valence-electron chi connectivity index (χ2n) is 4.71. The van der Waals surface area contributed by atoms with Gasteiger partial charge in [0.25, 0.3) is 5.91 Å². The van der Waals surface area contributed by atoms with Crippen LogP contribution < -0.4 is 5.48 Å². The van der Waals surface area contributed by atoms with Crippen LogP contribution in [-0.4, -0.2) is 24.6 Å². The molecule has 0 heterocycles. The molecular formula is C13H17NO4. The van der Waals surface area contributed by atoms with Crippen molar-refractivity contribution < 1.29 is 19.2 Å². The van der Waals surface area contributed by atoms with Crippen molar-refractivity contribution in [3.63, 3.8) is 0 Å². The molecule has 0 atom stereocenters. The monoisotopic (exact) mass is 251 g/mol. The molecule has 1 aromatic carbocycles. The molecule has 0 aliphatic rings. The molecule has 0 aliphatic carbocycles. The molecule has 1 rings (SSSR count). The summed E-state index contributed by atoms with van der Waals surface area (Å²) >= 11 is 0. The van der Waals surface area contributed by atoms with E-state index in [1.165, 1.54) is 19.2 Å². The topological polar surface area (TPSA) is 64.6 Å². The number of hydrogen-bond acceptors (Lipinski definition) is 4. The van der Waals surface area contributed by atoms with E-state index in [0.29, 0.717) is 11.1 Å². The van der Waals surface area contributed by atoms with Crippen molar-refractivity contribution >= 4 is 11.9 Å². The number of carbonyl (C=O) groups excluding carboxylic acids is 2. The van der Waals surface area contributed by atoms with Gasteiger partial charge in [-0.15, -0.1) is 0 Å². The van der Waals surface area contributed by atoms with Gasteiger partial charge in [-0.25, -0.2) is 10.3 Å². The van der Waals surface area contributed by atoms with Crippen molar-refractivity contribution in [3.8, 4) is 0 Å². The Bertz CT molecular complexity index is 431. The van der Waals surface area contributed by atoms with Crippen LogP contribution in [0.15, 0.2) is 24.3 Å². The van der Waals surface area contributed by atoms with E-state index in [2.05, 4.69) is 10.3 Å². The molecule has 5 heteroatoms. The maximum atomic E-state index is 11.7. The normalized spacial score (nSPS) is 10.9. The minimum absolute atomic E-state index is 0.367. The summed E-state index contributed by atoms with van der Waals surface area (Å²) in [4.78, 5) is 27.6. The van der Waals surface area contributed by atoms with Crippen LogP contribution in [0, 0.1) is 0 Å². The standard InChI is InChI=1S/C13H17NO4/c1-13(2,3)18-12(16)10-7-5-9(6-8-10)11(15)14-17-4/h5-8H,1-4H3,(H,14,15). The number of esters is 1. The van der Waals surface area contributed by atoms with Crippen molar-refractivity contribution in [2.75, 3.05) is 7.11 Å². The average Bonchev–Trinajstić information content (AvgIpc) is 2.27. The molecule has 0 fully saturated rings. The highest BCUT2D eigenvalue weighted by molar-refractivity contribution is 5.95. The van der Waals surface area contributed by atoms with Gasteiger partial charge in [0.1, 0.15) is 5.60 Å². The molecule has 1 amide bonds. The second-order valence-corrected chi connectivity index (χ2v) is 4.71. The molecule has 98 valence electrons. The van der Waals surface area contributed by atoms with Gasteiger partial charge in [0.15, 0.2) is 0 Å². The van der Waals surface area contributed by atoms with Crippen LogP contribution in [0.3, 0.4) is 0 Å². The zero-order valence-corrected chi connectivity index (χ0v) is 10.9. The number of rotatable bonds is 3. The summed E-state index contributed by atoms with van der Waals surface area (Å²) in [6.07, 6.45) is 0. The summed E-state index contributed by atoms with van der Waals surface area (Å²) in [5.74, 6) is -0.783. The van der Waals surface area contributed by atoms with Crippen molar-refractivity contribution in [2.45, 2.75) is 26.4 Å². The summed E-state index contributed by atoms with van der Waals surface area (Å²) in [6.45, 7) is 5.39. The maximum absolute atomic E-state index is 11.7. The Morgan fingerprint density at radius 3 is 2.00 bits per heavy atom. The lowest BCUT2D eigenvalue weighted by Gasteiger charge is -2.19. The highest BCUT2D eigenvalue weighted by Crippen LogP contribution is 2.12. The number of ether oxygens (including phenoxy) is 1. The molecule has 0 saturated heterocycles. The molecule has 0 radical (unpaired) electrons. The zero-order chi connectivity index (χ0) is 13.8. The lowest BCUT2D eigenvalue weighted by Crippen LogP contribution is -2.24. The molecule has 1 N–H and O–H groups in total. The van der Waals surface area contributed by atoms with E-state index in [4.69, 9.17) is 4.74 Å². The first kappa shape index (κ1) is 14.2. The van der Waals surface area contributed by atoms with E-state index < -0.39 is 11.6 Å². The fourth-order valence-electron chi connectivity index (χ4n) is 1.25. The Morgan fingerprint density at radius 2 is 1.56 bits per heavy atom. The van der Waals surface area contributed by atoms with Crippen LogP contribution in [0.25, 0.3) is 0 Å². The molecule has 0 unspecified atom stereocenters. The molecule has 0 aromatic heterocycles. The predicted molar refractivity (Wildman–Crippen MR) is 66.1 cm³/mol. The first-order valence-corrected chi connectivity index (χ1v) is 5.50. The third-order valence-electron chi connectivity index (χ3n) is 1.98. The largest absolute Gasteiger partial charge is 0.456 e. The van der Waals surface area contributed by atoms with Gasteiger partial charge in [-0.3, -0.25) is 9.63 Å². The van der Waals surface area contributed by atoms with E-state index in [-0.39, 0.29) is 5.91 Å². The zero-order valence-electron chi connectivity index (χ0n) is 10.9. The summed E-state index contributed by atoms with van der Waals surface area (Å²) < 4.78 is 5.21. The molecular weight excluding hydrogens is 234 g/mol. The van der Waals surface area contributed by atoms with Gasteiger partial charge in [0.05, 0.1) is 12.7 Å². The quantitative estimate of drug-likeness (QED) is 0.658. The van der Waals surface area contributed by atoms with E-state index in [1.807, 2.05) is 0 Å². The average molecular weight is 251 g/mol. The smallest absolute Gasteiger partial charge is 0.338 e. The Balaban J connectivity index is 2.77. The molecule has 1 aromatic rings. The number of hydroxylamine groups is 1. The lowest BCUT2D eigenvalue weighted by atomic mass is 10.1. The molecule has 0 saturated carbocycles. The first-order valence-electron chi connectivity index (χ1n) is 5.50. The Kier molecular flexibility index (Phi) is 4.44. The lowest BCUT2D eigenvalue weighted by molar-refractivity contribution is 0.00692. The first-order chi connectivity index (χ1) is 8.33. The second kappa shape index (κ2) is 5.64. The molecule has 18 heavy (non-hydrogen) atoms. The van der Waals surface area contributed by atoms with Crippen molar-refractivity contribution in [2.24, 2.45) is 0 Å². The number of nitrogens with one attached hydrogen (secondary N) is 1. The van der Waals surface area contributed by atoms with Gasteiger partial charge in [-0.05, 0) is 45.0 Å². The van der Waals surface area contributed by atoms with Gasteiger partial charge < -0.3 is 4.74 Å². The minimum Gasteiger partial charge on any atom is -0.456 e. The Labute approximate surface area is 106 Å². The van der Waals surface area contributed by atoms with E-state index >= 15 is 0 Å². The van der Waals surface area contributed by atoms with Crippen LogP contribution in [0.1, 0.15) is 41.5 Å². The van der Waals surface area contributed by atoms with Gasteiger partial charge >= 0.3 is 5.97 Å². The third-order valence-corrected chi connectivity index (χ3v) is 1.98. The van der Waals surface area contributed by atoms with Crippen LogP contribution in [0.2, 0.25) is 0 Å². The number of benzene rings is 1. The number of carbonyl (C=O) groups is 2. The highest BCUT2D eigenvalue weighted by atomic mass is 16.6. The summed E-state index contributed by atoms with van der Waals surface area (Å²) in [5.41, 5.74) is 2.46. The van der Waals surface area contributed by atoms with E-state index in [1.54, 1.807) is 32.9 Å². The van der Waals surface area contributed by atoms with Crippen molar-refractivity contribution in [1.29, 1.82) is 0 Å². The van der Waals surface area contributed by atoms with Gasteiger partial charge in [-0.1, -0.05) is 0 Å². The van der Waals surface area contributed by atoms with E-state index in [0.717, 1.165) is 0 Å². The molecule has 0 aliphatic heterocycles. The van der Waals surface area contributed by atoms with Crippen molar-refractivity contribution in [3.05, 3.63) is 35.4 Å². The van der Waals surface area contributed by atoms with Crippen LogP contribution in [0.4, 0.5) is 0 Å².